The van der Waals surface area contributed by atoms with E-state index in [1.54, 1.807) is 0 Å². The van der Waals surface area contributed by atoms with E-state index in [2.05, 4.69) is 15.6 Å². The average molecular weight is 328 g/mol. The van der Waals surface area contributed by atoms with Crippen LogP contribution in [0.2, 0.25) is 10.0 Å². The number of carbonyl (C=O) groups excluding carboxylic acids is 1. The molecule has 0 saturated heterocycles. The zero-order chi connectivity index (χ0) is 15.4. The van der Waals surface area contributed by atoms with Crippen LogP contribution in [0, 0.1) is 5.82 Å². The van der Waals surface area contributed by atoms with Crippen molar-refractivity contribution in [1.29, 1.82) is 0 Å². The van der Waals surface area contributed by atoms with E-state index in [0.717, 1.165) is 0 Å². The molecule has 7 heteroatoms. The maximum atomic E-state index is 13.6. The topological polar surface area (TPSA) is 54.0 Å². The van der Waals surface area contributed by atoms with Crippen molar-refractivity contribution in [3.05, 3.63) is 51.9 Å². The number of hydrogen-bond donors (Lipinski definition) is 2. The third-order valence-electron chi connectivity index (χ3n) is 2.63. The molecule has 0 spiro atoms. The molecule has 0 aliphatic rings. The second-order valence-electron chi connectivity index (χ2n) is 4.16. The molecule has 2 rings (SSSR count). The van der Waals surface area contributed by atoms with Gasteiger partial charge in [0.05, 0.1) is 16.3 Å². The molecule has 110 valence electrons. The van der Waals surface area contributed by atoms with Crippen LogP contribution < -0.4 is 10.6 Å². The van der Waals surface area contributed by atoms with Gasteiger partial charge in [0, 0.05) is 17.8 Å². The Bertz CT molecular complexity index is 679. The highest BCUT2D eigenvalue weighted by Gasteiger charge is 2.14. The Hall–Kier alpha value is -1.85. The van der Waals surface area contributed by atoms with Crippen molar-refractivity contribution >= 4 is 40.6 Å². The molecular formula is C14H12Cl2FN3O. The van der Waals surface area contributed by atoms with Gasteiger partial charge in [-0.15, -0.1) is 0 Å². The van der Waals surface area contributed by atoms with E-state index >= 15 is 0 Å². The maximum Gasteiger partial charge on any atom is 0.257 e. The summed E-state index contributed by atoms with van der Waals surface area (Å²) in [4.78, 5) is 16.2. The normalized spacial score (nSPS) is 10.3. The minimum Gasteiger partial charge on any atom is -0.370 e. The number of benzene rings is 1. The highest BCUT2D eigenvalue weighted by Crippen LogP contribution is 2.23. The van der Waals surface area contributed by atoms with Gasteiger partial charge in [0.15, 0.2) is 0 Å². The first-order valence-electron chi connectivity index (χ1n) is 6.17. The summed E-state index contributed by atoms with van der Waals surface area (Å²) in [5, 5.41) is 5.91. The second-order valence-corrected chi connectivity index (χ2v) is 5.00. The predicted molar refractivity (Wildman–Crippen MR) is 82.8 cm³/mol. The Balaban J connectivity index is 2.27. The Labute approximate surface area is 131 Å². The lowest BCUT2D eigenvalue weighted by molar-refractivity contribution is 0.102. The van der Waals surface area contributed by atoms with Crippen LogP contribution in [0.15, 0.2) is 30.5 Å². The summed E-state index contributed by atoms with van der Waals surface area (Å²) in [7, 11) is 0. The van der Waals surface area contributed by atoms with Crippen LogP contribution in [-0.4, -0.2) is 17.4 Å². The zero-order valence-corrected chi connectivity index (χ0v) is 12.6. The molecule has 0 unspecified atom stereocenters. The van der Waals surface area contributed by atoms with E-state index in [1.165, 1.54) is 30.5 Å². The number of carbonyl (C=O) groups is 1. The number of anilines is 2. The van der Waals surface area contributed by atoms with Gasteiger partial charge in [-0.3, -0.25) is 4.79 Å². The highest BCUT2D eigenvalue weighted by molar-refractivity contribution is 6.34. The van der Waals surface area contributed by atoms with Gasteiger partial charge in [-0.2, -0.15) is 0 Å². The number of hydrogen-bond acceptors (Lipinski definition) is 3. The molecule has 0 aliphatic heterocycles. The minimum absolute atomic E-state index is 0.00891. The maximum absolute atomic E-state index is 13.6. The fourth-order valence-corrected chi connectivity index (χ4v) is 2.03. The lowest BCUT2D eigenvalue weighted by Gasteiger charge is -2.10. The molecule has 1 aromatic carbocycles. The lowest BCUT2D eigenvalue weighted by Crippen LogP contribution is -2.14. The van der Waals surface area contributed by atoms with Gasteiger partial charge in [0.1, 0.15) is 11.6 Å². The van der Waals surface area contributed by atoms with Gasteiger partial charge in [-0.25, -0.2) is 9.37 Å². The quantitative estimate of drug-likeness (QED) is 0.884. The molecule has 0 saturated carbocycles. The number of rotatable bonds is 4. The number of amides is 1. The second kappa shape index (κ2) is 6.74. The number of pyridine rings is 1. The minimum atomic E-state index is -0.579. The summed E-state index contributed by atoms with van der Waals surface area (Å²) < 4.78 is 13.6. The summed E-state index contributed by atoms with van der Waals surface area (Å²) in [6.45, 7) is 2.55. The molecule has 21 heavy (non-hydrogen) atoms. The smallest absolute Gasteiger partial charge is 0.257 e. The van der Waals surface area contributed by atoms with Crippen LogP contribution >= 0.6 is 23.2 Å². The SMILES string of the molecule is CCNc1cc(C(=O)Nc2cc(Cl)ccc2F)c(Cl)cn1. The summed E-state index contributed by atoms with van der Waals surface area (Å²) in [6.07, 6.45) is 1.36. The third kappa shape index (κ3) is 3.83. The van der Waals surface area contributed by atoms with Gasteiger partial charge < -0.3 is 10.6 Å². The molecule has 2 aromatic rings. The van der Waals surface area contributed by atoms with Gasteiger partial charge in [-0.05, 0) is 31.2 Å². The van der Waals surface area contributed by atoms with E-state index in [0.29, 0.717) is 17.4 Å². The fraction of sp³-hybridized carbons (Fsp3) is 0.143. The molecule has 4 nitrogen and oxygen atoms in total. The van der Waals surface area contributed by atoms with Crippen molar-refractivity contribution in [2.45, 2.75) is 6.92 Å². The van der Waals surface area contributed by atoms with Crippen molar-refractivity contribution in [3.8, 4) is 0 Å². The monoisotopic (exact) mass is 327 g/mol. The third-order valence-corrected chi connectivity index (χ3v) is 3.17. The first-order valence-corrected chi connectivity index (χ1v) is 6.92. The van der Waals surface area contributed by atoms with E-state index in [4.69, 9.17) is 23.2 Å². The van der Waals surface area contributed by atoms with Crippen molar-refractivity contribution in [2.75, 3.05) is 17.2 Å². The Kier molecular flexibility index (Phi) is 4.98. The first kappa shape index (κ1) is 15.5. The Morgan fingerprint density at radius 2 is 2.10 bits per heavy atom. The van der Waals surface area contributed by atoms with E-state index < -0.39 is 11.7 Å². The molecule has 1 heterocycles. The predicted octanol–water partition coefficient (Wildman–Crippen LogP) is 4.21. The van der Waals surface area contributed by atoms with Crippen LogP contribution in [0.25, 0.3) is 0 Å². The Morgan fingerprint density at radius 1 is 1.33 bits per heavy atom. The van der Waals surface area contributed by atoms with Crippen LogP contribution in [0.5, 0.6) is 0 Å². The van der Waals surface area contributed by atoms with E-state index in [-0.39, 0.29) is 16.3 Å². The van der Waals surface area contributed by atoms with Crippen molar-refractivity contribution in [2.24, 2.45) is 0 Å². The molecule has 0 bridgehead atoms. The molecule has 1 amide bonds. The van der Waals surface area contributed by atoms with E-state index in [1.807, 2.05) is 6.92 Å². The van der Waals surface area contributed by atoms with Gasteiger partial charge in [-0.1, -0.05) is 23.2 Å². The Morgan fingerprint density at radius 3 is 2.81 bits per heavy atom. The van der Waals surface area contributed by atoms with Gasteiger partial charge in [0.2, 0.25) is 0 Å². The molecule has 0 radical (unpaired) electrons. The van der Waals surface area contributed by atoms with E-state index in [9.17, 15) is 9.18 Å². The van der Waals surface area contributed by atoms with Crippen LogP contribution in [-0.2, 0) is 0 Å². The lowest BCUT2D eigenvalue weighted by atomic mass is 10.2. The fourth-order valence-electron chi connectivity index (χ4n) is 1.67. The van der Waals surface area contributed by atoms with Crippen LogP contribution in [0.3, 0.4) is 0 Å². The number of halogens is 3. The summed E-state index contributed by atoms with van der Waals surface area (Å²) in [6, 6.07) is 5.41. The van der Waals surface area contributed by atoms with Crippen LogP contribution in [0.4, 0.5) is 15.9 Å². The number of nitrogens with one attached hydrogen (secondary N) is 2. The van der Waals surface area contributed by atoms with Crippen molar-refractivity contribution < 1.29 is 9.18 Å². The molecular weight excluding hydrogens is 316 g/mol. The summed E-state index contributed by atoms with van der Waals surface area (Å²) >= 11 is 11.7. The van der Waals surface area contributed by atoms with Gasteiger partial charge >= 0.3 is 0 Å². The number of aromatic nitrogens is 1. The first-order chi connectivity index (χ1) is 10.0. The molecule has 0 aliphatic carbocycles. The molecule has 0 atom stereocenters. The van der Waals surface area contributed by atoms with Crippen molar-refractivity contribution in [1.82, 2.24) is 4.98 Å². The van der Waals surface area contributed by atoms with Gasteiger partial charge in [0.25, 0.3) is 5.91 Å². The summed E-state index contributed by atoms with van der Waals surface area (Å²) in [5.41, 5.74) is 0.187. The largest absolute Gasteiger partial charge is 0.370 e. The molecule has 0 fully saturated rings. The average Bonchev–Trinajstić information content (AvgIpc) is 2.45. The number of nitrogens with zero attached hydrogens (tertiary/aromatic N) is 1. The van der Waals surface area contributed by atoms with Crippen LogP contribution in [0.1, 0.15) is 17.3 Å². The standard InChI is InChI=1S/C14H12Cl2FN3O/c1-2-18-13-6-9(10(16)7-19-13)14(21)20-12-5-8(15)3-4-11(12)17/h3-7H,2H2,1H3,(H,18,19)(H,20,21). The molecule has 2 N–H and O–H groups in total. The summed E-state index contributed by atoms with van der Waals surface area (Å²) in [5.74, 6) is -0.605. The van der Waals surface area contributed by atoms with Crippen molar-refractivity contribution in [3.63, 3.8) is 0 Å². The zero-order valence-electron chi connectivity index (χ0n) is 11.1. The molecule has 1 aromatic heterocycles. The highest BCUT2D eigenvalue weighted by atomic mass is 35.5.